The van der Waals surface area contributed by atoms with Crippen LogP contribution in [0.2, 0.25) is 0 Å². The molecule has 0 saturated heterocycles. The summed E-state index contributed by atoms with van der Waals surface area (Å²) in [6.07, 6.45) is 0. The van der Waals surface area contributed by atoms with Gasteiger partial charge < -0.3 is 9.52 Å². The normalized spacial score (nSPS) is 11.4. The van der Waals surface area contributed by atoms with Gasteiger partial charge in [0.2, 0.25) is 0 Å². The van der Waals surface area contributed by atoms with Crippen LogP contribution in [0.15, 0.2) is 40.8 Å². The van der Waals surface area contributed by atoms with Gasteiger partial charge in [0.25, 0.3) is 0 Å². The van der Waals surface area contributed by atoms with Crippen molar-refractivity contribution in [3.63, 3.8) is 0 Å². The van der Waals surface area contributed by atoms with E-state index < -0.39 is 0 Å². The number of benzene rings is 2. The number of hydrogen-bond donors (Lipinski definition) is 1. The number of fused-ring (bicyclic) bond motifs is 3. The molecule has 0 aliphatic carbocycles. The van der Waals surface area contributed by atoms with Crippen molar-refractivity contribution in [3.05, 3.63) is 47.5 Å². The first kappa shape index (κ1) is 9.43. The quantitative estimate of drug-likeness (QED) is 0.670. The second-order valence-electron chi connectivity index (χ2n) is 4.05. The zero-order chi connectivity index (χ0) is 11.1. The Morgan fingerprint density at radius 1 is 1.12 bits per heavy atom. The standard InChI is InChI=1S/C14H12O2/c1-9-5-6-11-13(7-9)16-12-4-2-3-10(8-15)14(11)12/h2-7,15H,8H2,1H3. The highest BCUT2D eigenvalue weighted by Crippen LogP contribution is 2.31. The second kappa shape index (κ2) is 3.35. The predicted octanol–water partition coefficient (Wildman–Crippen LogP) is 3.39. The third kappa shape index (κ3) is 1.24. The van der Waals surface area contributed by atoms with E-state index in [1.807, 2.05) is 31.2 Å². The molecule has 1 aromatic heterocycles. The summed E-state index contributed by atoms with van der Waals surface area (Å²) in [5.74, 6) is 0. The topological polar surface area (TPSA) is 33.4 Å². The Morgan fingerprint density at radius 2 is 2.00 bits per heavy atom. The molecule has 0 aliphatic heterocycles. The van der Waals surface area contributed by atoms with Gasteiger partial charge >= 0.3 is 0 Å². The van der Waals surface area contributed by atoms with Crippen LogP contribution in [0.25, 0.3) is 21.9 Å². The fourth-order valence-corrected chi connectivity index (χ4v) is 2.14. The lowest BCUT2D eigenvalue weighted by atomic mass is 10.1. The van der Waals surface area contributed by atoms with Crippen LogP contribution in [-0.4, -0.2) is 5.11 Å². The monoisotopic (exact) mass is 212 g/mol. The van der Waals surface area contributed by atoms with Gasteiger partial charge in [-0.1, -0.05) is 24.3 Å². The lowest BCUT2D eigenvalue weighted by Gasteiger charge is -1.97. The van der Waals surface area contributed by atoms with Gasteiger partial charge in [-0.15, -0.1) is 0 Å². The van der Waals surface area contributed by atoms with Crippen LogP contribution in [0, 0.1) is 6.92 Å². The van der Waals surface area contributed by atoms with Gasteiger partial charge in [0.15, 0.2) is 0 Å². The molecule has 80 valence electrons. The van der Waals surface area contributed by atoms with Crippen molar-refractivity contribution in [1.29, 1.82) is 0 Å². The Morgan fingerprint density at radius 3 is 2.81 bits per heavy atom. The van der Waals surface area contributed by atoms with Crippen LogP contribution in [0.4, 0.5) is 0 Å². The van der Waals surface area contributed by atoms with Gasteiger partial charge in [0, 0.05) is 10.8 Å². The molecule has 3 rings (SSSR count). The van der Waals surface area contributed by atoms with Crippen molar-refractivity contribution in [3.8, 4) is 0 Å². The molecular weight excluding hydrogens is 200 g/mol. The molecule has 0 spiro atoms. The minimum Gasteiger partial charge on any atom is -0.456 e. The van der Waals surface area contributed by atoms with E-state index in [9.17, 15) is 5.11 Å². The zero-order valence-electron chi connectivity index (χ0n) is 9.03. The summed E-state index contributed by atoms with van der Waals surface area (Å²) < 4.78 is 5.76. The van der Waals surface area contributed by atoms with Crippen LogP contribution in [0.1, 0.15) is 11.1 Å². The van der Waals surface area contributed by atoms with Crippen LogP contribution in [0.5, 0.6) is 0 Å². The number of aliphatic hydroxyl groups excluding tert-OH is 1. The fraction of sp³-hybridized carbons (Fsp3) is 0.143. The van der Waals surface area contributed by atoms with Crippen LogP contribution in [0.3, 0.4) is 0 Å². The van der Waals surface area contributed by atoms with Gasteiger partial charge in [0.05, 0.1) is 6.61 Å². The van der Waals surface area contributed by atoms with Crippen molar-refractivity contribution in [1.82, 2.24) is 0 Å². The molecular formula is C14H12O2. The Bertz CT molecular complexity index is 665. The Labute approximate surface area is 93.1 Å². The van der Waals surface area contributed by atoms with Crippen molar-refractivity contribution < 1.29 is 9.52 Å². The Hall–Kier alpha value is -1.80. The SMILES string of the molecule is Cc1ccc2c(c1)oc1cccc(CO)c12. The summed E-state index contributed by atoms with van der Waals surface area (Å²) in [5, 5.41) is 11.4. The third-order valence-corrected chi connectivity index (χ3v) is 2.91. The van der Waals surface area contributed by atoms with Crippen LogP contribution >= 0.6 is 0 Å². The fourth-order valence-electron chi connectivity index (χ4n) is 2.14. The van der Waals surface area contributed by atoms with E-state index in [1.165, 1.54) is 5.56 Å². The van der Waals surface area contributed by atoms with Crippen molar-refractivity contribution in [2.24, 2.45) is 0 Å². The van der Waals surface area contributed by atoms with Crippen molar-refractivity contribution >= 4 is 21.9 Å². The Balaban J connectivity index is 2.52. The molecule has 2 aromatic carbocycles. The average Bonchev–Trinajstić information content (AvgIpc) is 2.65. The molecule has 0 unspecified atom stereocenters. The molecule has 2 nitrogen and oxygen atoms in total. The highest BCUT2D eigenvalue weighted by molar-refractivity contribution is 6.06. The van der Waals surface area contributed by atoms with Gasteiger partial charge in [-0.25, -0.2) is 0 Å². The van der Waals surface area contributed by atoms with E-state index in [0.717, 1.165) is 27.5 Å². The zero-order valence-corrected chi connectivity index (χ0v) is 9.03. The molecule has 0 saturated carbocycles. The summed E-state index contributed by atoms with van der Waals surface area (Å²) in [5.41, 5.74) is 3.82. The molecule has 0 amide bonds. The average molecular weight is 212 g/mol. The van der Waals surface area contributed by atoms with E-state index >= 15 is 0 Å². The van der Waals surface area contributed by atoms with E-state index in [-0.39, 0.29) is 6.61 Å². The number of furan rings is 1. The first-order valence-corrected chi connectivity index (χ1v) is 5.31. The van der Waals surface area contributed by atoms with Gasteiger partial charge in [-0.05, 0) is 30.2 Å². The molecule has 0 aliphatic rings. The lowest BCUT2D eigenvalue weighted by molar-refractivity contribution is 0.283. The van der Waals surface area contributed by atoms with Crippen LogP contribution in [-0.2, 0) is 6.61 Å². The van der Waals surface area contributed by atoms with E-state index in [4.69, 9.17) is 4.42 Å². The smallest absolute Gasteiger partial charge is 0.135 e. The molecule has 0 fully saturated rings. The number of aryl methyl sites for hydroxylation is 1. The van der Waals surface area contributed by atoms with Crippen molar-refractivity contribution in [2.45, 2.75) is 13.5 Å². The largest absolute Gasteiger partial charge is 0.456 e. The molecule has 3 aromatic rings. The lowest BCUT2D eigenvalue weighted by Crippen LogP contribution is -1.82. The van der Waals surface area contributed by atoms with Crippen LogP contribution < -0.4 is 0 Å². The summed E-state index contributed by atoms with van der Waals surface area (Å²) in [7, 11) is 0. The van der Waals surface area contributed by atoms with E-state index in [1.54, 1.807) is 0 Å². The molecule has 0 atom stereocenters. The molecule has 2 heteroatoms. The third-order valence-electron chi connectivity index (χ3n) is 2.91. The molecule has 0 bridgehead atoms. The maximum absolute atomic E-state index is 9.33. The highest BCUT2D eigenvalue weighted by Gasteiger charge is 2.09. The van der Waals surface area contributed by atoms with Gasteiger partial charge in [-0.3, -0.25) is 0 Å². The first-order chi connectivity index (χ1) is 7.79. The Kier molecular flexibility index (Phi) is 1.98. The molecule has 1 heterocycles. The minimum absolute atomic E-state index is 0.0415. The van der Waals surface area contributed by atoms with Crippen molar-refractivity contribution in [2.75, 3.05) is 0 Å². The molecule has 16 heavy (non-hydrogen) atoms. The van der Waals surface area contributed by atoms with Gasteiger partial charge in [0.1, 0.15) is 11.2 Å². The second-order valence-corrected chi connectivity index (χ2v) is 4.05. The van der Waals surface area contributed by atoms with E-state index in [0.29, 0.717) is 0 Å². The first-order valence-electron chi connectivity index (χ1n) is 5.31. The molecule has 1 N–H and O–H groups in total. The number of aliphatic hydroxyl groups is 1. The summed E-state index contributed by atoms with van der Waals surface area (Å²) in [4.78, 5) is 0. The summed E-state index contributed by atoms with van der Waals surface area (Å²) in [6, 6.07) is 11.9. The minimum atomic E-state index is 0.0415. The van der Waals surface area contributed by atoms with Gasteiger partial charge in [-0.2, -0.15) is 0 Å². The number of hydrogen-bond acceptors (Lipinski definition) is 2. The predicted molar refractivity (Wildman–Crippen MR) is 64.4 cm³/mol. The highest BCUT2D eigenvalue weighted by atomic mass is 16.3. The summed E-state index contributed by atoms with van der Waals surface area (Å²) >= 11 is 0. The number of rotatable bonds is 1. The van der Waals surface area contributed by atoms with E-state index in [2.05, 4.69) is 12.1 Å². The summed E-state index contributed by atoms with van der Waals surface area (Å²) in [6.45, 7) is 2.08. The maximum Gasteiger partial charge on any atom is 0.135 e. The maximum atomic E-state index is 9.33. The molecule has 0 radical (unpaired) electrons.